The highest BCUT2D eigenvalue weighted by Crippen LogP contribution is 2.32. The van der Waals surface area contributed by atoms with Gasteiger partial charge in [0.2, 0.25) is 0 Å². The van der Waals surface area contributed by atoms with Crippen LogP contribution in [0, 0.1) is 0 Å². The van der Waals surface area contributed by atoms with Crippen LogP contribution in [0.3, 0.4) is 0 Å². The number of methoxy groups -OCH3 is 1. The third kappa shape index (κ3) is 6.45. The predicted octanol–water partition coefficient (Wildman–Crippen LogP) is 1.60. The van der Waals surface area contributed by atoms with Crippen molar-refractivity contribution >= 4 is 40.4 Å². The summed E-state index contributed by atoms with van der Waals surface area (Å²) in [5.41, 5.74) is 3.28. The SMILES string of the molecule is COC(=O)CCCNC(=S)Nc1ccc(N2CCOCC2)cc1N1CCOCC1. The van der Waals surface area contributed by atoms with Crippen molar-refractivity contribution in [2.24, 2.45) is 0 Å². The van der Waals surface area contributed by atoms with Gasteiger partial charge in [0, 0.05) is 44.8 Å². The fourth-order valence-electron chi connectivity index (χ4n) is 3.41. The van der Waals surface area contributed by atoms with Gasteiger partial charge in [0.1, 0.15) is 0 Å². The number of nitrogens with zero attached hydrogens (tertiary/aromatic N) is 2. The molecule has 0 saturated carbocycles. The Bertz CT molecular complexity index is 691. The summed E-state index contributed by atoms with van der Waals surface area (Å²) in [4.78, 5) is 15.9. The smallest absolute Gasteiger partial charge is 0.305 e. The van der Waals surface area contributed by atoms with E-state index in [-0.39, 0.29) is 5.97 Å². The van der Waals surface area contributed by atoms with Gasteiger partial charge in [0.05, 0.1) is 44.9 Å². The second-order valence-corrected chi connectivity index (χ2v) is 7.37. The summed E-state index contributed by atoms with van der Waals surface area (Å²) < 4.78 is 15.6. The lowest BCUT2D eigenvalue weighted by atomic mass is 10.2. The van der Waals surface area contributed by atoms with Gasteiger partial charge in [-0.1, -0.05) is 0 Å². The first kappa shape index (κ1) is 21.6. The molecule has 3 rings (SSSR count). The molecule has 1 aromatic carbocycles. The van der Waals surface area contributed by atoms with Gasteiger partial charge in [0.15, 0.2) is 5.11 Å². The second-order valence-electron chi connectivity index (χ2n) is 6.96. The molecule has 1 aromatic rings. The number of carbonyl (C=O) groups is 1. The molecule has 160 valence electrons. The third-order valence-electron chi connectivity index (χ3n) is 5.03. The predicted molar refractivity (Wildman–Crippen MR) is 118 cm³/mol. The molecule has 0 aromatic heterocycles. The summed E-state index contributed by atoms with van der Waals surface area (Å²) in [5, 5.41) is 7.02. The molecule has 2 heterocycles. The molecule has 2 fully saturated rings. The monoisotopic (exact) mass is 422 g/mol. The number of anilines is 3. The van der Waals surface area contributed by atoms with Gasteiger partial charge in [0.25, 0.3) is 0 Å². The van der Waals surface area contributed by atoms with Crippen molar-refractivity contribution in [1.82, 2.24) is 5.32 Å². The summed E-state index contributed by atoms with van der Waals surface area (Å²) in [7, 11) is 1.40. The summed E-state index contributed by atoms with van der Waals surface area (Å²) in [6.45, 7) is 7.06. The average molecular weight is 423 g/mol. The molecule has 9 heteroatoms. The topological polar surface area (TPSA) is 75.3 Å². The molecule has 8 nitrogen and oxygen atoms in total. The van der Waals surface area contributed by atoms with Crippen LogP contribution in [-0.4, -0.2) is 77.3 Å². The lowest BCUT2D eigenvalue weighted by Gasteiger charge is -2.33. The Morgan fingerprint density at radius 2 is 1.76 bits per heavy atom. The highest BCUT2D eigenvalue weighted by Gasteiger charge is 2.19. The summed E-state index contributed by atoms with van der Waals surface area (Å²) >= 11 is 5.45. The number of nitrogens with one attached hydrogen (secondary N) is 2. The zero-order chi connectivity index (χ0) is 20.5. The summed E-state index contributed by atoms with van der Waals surface area (Å²) in [6.07, 6.45) is 1.04. The maximum absolute atomic E-state index is 11.2. The van der Waals surface area contributed by atoms with E-state index in [2.05, 4.69) is 43.4 Å². The number of rotatable bonds is 7. The van der Waals surface area contributed by atoms with E-state index in [1.54, 1.807) is 0 Å². The Morgan fingerprint density at radius 1 is 1.10 bits per heavy atom. The minimum Gasteiger partial charge on any atom is -0.469 e. The van der Waals surface area contributed by atoms with Crippen molar-refractivity contribution in [2.75, 3.05) is 81.4 Å². The van der Waals surface area contributed by atoms with Crippen LogP contribution in [0.4, 0.5) is 17.1 Å². The molecule has 0 aliphatic carbocycles. The second kappa shape index (κ2) is 11.2. The highest BCUT2D eigenvalue weighted by molar-refractivity contribution is 7.80. The molecule has 0 radical (unpaired) electrons. The van der Waals surface area contributed by atoms with E-state index < -0.39 is 0 Å². The van der Waals surface area contributed by atoms with Gasteiger partial charge in [-0.05, 0) is 36.8 Å². The number of morpholine rings is 2. The van der Waals surface area contributed by atoms with Crippen molar-refractivity contribution < 1.29 is 19.0 Å². The number of thiocarbonyl (C=S) groups is 1. The minimum atomic E-state index is -0.209. The first-order valence-corrected chi connectivity index (χ1v) is 10.5. The largest absolute Gasteiger partial charge is 0.469 e. The number of hydrogen-bond acceptors (Lipinski definition) is 7. The van der Waals surface area contributed by atoms with E-state index in [1.807, 2.05) is 0 Å². The van der Waals surface area contributed by atoms with Crippen LogP contribution in [-0.2, 0) is 19.0 Å². The van der Waals surface area contributed by atoms with E-state index in [9.17, 15) is 4.79 Å². The number of carbonyl (C=O) groups excluding carboxylic acids is 1. The van der Waals surface area contributed by atoms with Gasteiger partial charge >= 0.3 is 5.97 Å². The summed E-state index contributed by atoms with van der Waals surface area (Å²) in [6, 6.07) is 6.42. The maximum Gasteiger partial charge on any atom is 0.305 e. The number of benzene rings is 1. The molecule has 2 aliphatic rings. The molecule has 2 N–H and O–H groups in total. The molecule has 29 heavy (non-hydrogen) atoms. The quantitative estimate of drug-likeness (QED) is 0.387. The first-order chi connectivity index (χ1) is 14.2. The third-order valence-corrected chi connectivity index (χ3v) is 5.27. The van der Waals surface area contributed by atoms with Gasteiger partial charge in [-0.2, -0.15) is 0 Å². The van der Waals surface area contributed by atoms with Crippen LogP contribution in [0.2, 0.25) is 0 Å². The Morgan fingerprint density at radius 3 is 2.41 bits per heavy atom. The molecule has 2 aliphatic heterocycles. The zero-order valence-electron chi connectivity index (χ0n) is 16.9. The fraction of sp³-hybridized carbons (Fsp3) is 0.600. The zero-order valence-corrected chi connectivity index (χ0v) is 17.8. The molecule has 0 bridgehead atoms. The van der Waals surface area contributed by atoms with Crippen molar-refractivity contribution in [3.05, 3.63) is 18.2 Å². The lowest BCUT2D eigenvalue weighted by molar-refractivity contribution is -0.140. The van der Waals surface area contributed by atoms with Crippen molar-refractivity contribution in [1.29, 1.82) is 0 Å². The fourth-order valence-corrected chi connectivity index (χ4v) is 3.63. The Hall–Kier alpha value is -2.10. The van der Waals surface area contributed by atoms with Crippen LogP contribution in [0.15, 0.2) is 18.2 Å². The number of hydrogen-bond donors (Lipinski definition) is 2. The molecule has 0 atom stereocenters. The number of esters is 1. The van der Waals surface area contributed by atoms with E-state index in [0.717, 1.165) is 64.0 Å². The van der Waals surface area contributed by atoms with Crippen LogP contribution in [0.1, 0.15) is 12.8 Å². The molecule has 2 saturated heterocycles. The van der Waals surface area contributed by atoms with Crippen molar-refractivity contribution in [2.45, 2.75) is 12.8 Å². The minimum absolute atomic E-state index is 0.209. The molecular formula is C20H30N4O4S. The Balaban J connectivity index is 1.65. The first-order valence-electron chi connectivity index (χ1n) is 10.1. The Kier molecular flexibility index (Phi) is 8.33. The van der Waals surface area contributed by atoms with E-state index >= 15 is 0 Å². The van der Waals surface area contributed by atoms with E-state index in [1.165, 1.54) is 12.8 Å². The van der Waals surface area contributed by atoms with Crippen LogP contribution >= 0.6 is 12.2 Å². The number of ether oxygens (including phenoxy) is 3. The standard InChI is InChI=1S/C20H30N4O4S/c1-26-19(25)3-2-6-21-20(29)22-17-5-4-16(23-7-11-27-12-8-23)15-18(17)24-9-13-28-14-10-24/h4-5,15H,2-3,6-14H2,1H3,(H2,21,22,29). The normalized spacial score (nSPS) is 17.0. The summed E-state index contributed by atoms with van der Waals surface area (Å²) in [5.74, 6) is -0.209. The molecule has 0 spiro atoms. The van der Waals surface area contributed by atoms with Crippen LogP contribution in [0.5, 0.6) is 0 Å². The molecule has 0 amide bonds. The van der Waals surface area contributed by atoms with Crippen LogP contribution in [0.25, 0.3) is 0 Å². The van der Waals surface area contributed by atoms with Gasteiger partial charge < -0.3 is 34.6 Å². The van der Waals surface area contributed by atoms with Gasteiger partial charge in [-0.3, -0.25) is 4.79 Å². The van der Waals surface area contributed by atoms with E-state index in [0.29, 0.717) is 24.5 Å². The van der Waals surface area contributed by atoms with Crippen molar-refractivity contribution in [3.8, 4) is 0 Å². The molecule has 0 unspecified atom stereocenters. The molecular weight excluding hydrogens is 392 g/mol. The van der Waals surface area contributed by atoms with Gasteiger partial charge in [-0.25, -0.2) is 0 Å². The van der Waals surface area contributed by atoms with Crippen LogP contribution < -0.4 is 20.4 Å². The highest BCUT2D eigenvalue weighted by atomic mass is 32.1. The maximum atomic E-state index is 11.2. The Labute approximate surface area is 177 Å². The average Bonchev–Trinajstić information content (AvgIpc) is 2.78. The lowest BCUT2D eigenvalue weighted by Crippen LogP contribution is -2.38. The van der Waals surface area contributed by atoms with Crippen molar-refractivity contribution in [3.63, 3.8) is 0 Å². The van der Waals surface area contributed by atoms with Gasteiger partial charge in [-0.15, -0.1) is 0 Å². The van der Waals surface area contributed by atoms with E-state index in [4.69, 9.17) is 21.7 Å².